The highest BCUT2D eigenvalue weighted by atomic mass is 32.3. The fourth-order valence-corrected chi connectivity index (χ4v) is 2.60. The maximum atomic E-state index is 11.4. The molecule has 1 aromatic rings. The fraction of sp³-hybridized carbons (Fsp3) is 0.500. The third-order valence-corrected chi connectivity index (χ3v) is 4.12. The van der Waals surface area contributed by atoms with Crippen molar-refractivity contribution in [1.82, 2.24) is 4.31 Å². The number of sulfonamides is 1. The number of nitrogens with zero attached hydrogens (tertiary/aromatic N) is 2. The number of rotatable bonds is 6. The van der Waals surface area contributed by atoms with Gasteiger partial charge in [0.15, 0.2) is 0 Å². The van der Waals surface area contributed by atoms with E-state index in [9.17, 15) is 8.42 Å². The van der Waals surface area contributed by atoms with Crippen LogP contribution in [0.15, 0.2) is 24.3 Å². The van der Waals surface area contributed by atoms with Gasteiger partial charge >= 0.3 is 10.4 Å². The number of nitrogens with two attached hydrogens (primary N) is 1. The molecule has 1 aromatic carbocycles. The molecule has 0 radical (unpaired) electrons. The Morgan fingerprint density at radius 3 is 2.04 bits per heavy atom. The summed E-state index contributed by atoms with van der Waals surface area (Å²) in [5.74, 6) is 5.92. The van der Waals surface area contributed by atoms with E-state index in [1.54, 1.807) is 5.01 Å². The topological polar surface area (TPSA) is 141 Å². The lowest BCUT2D eigenvalue weighted by Crippen LogP contribution is -2.41. The first kappa shape index (κ1) is 21.8. The van der Waals surface area contributed by atoms with Crippen LogP contribution in [0.25, 0.3) is 0 Å². The number of aryl methyl sites for hydroxylation is 1. The average Bonchev–Trinajstić information content (AvgIpc) is 2.35. The van der Waals surface area contributed by atoms with Crippen LogP contribution >= 0.6 is 0 Å². The molecule has 134 valence electrons. The van der Waals surface area contributed by atoms with E-state index in [1.165, 1.54) is 10.6 Å². The molecule has 0 aromatic heterocycles. The maximum absolute atomic E-state index is 11.4. The average molecular weight is 369 g/mol. The lowest BCUT2D eigenvalue weighted by molar-refractivity contribution is 0.381. The number of hydrogen-bond donors (Lipinski definition) is 3. The van der Waals surface area contributed by atoms with E-state index < -0.39 is 20.4 Å². The van der Waals surface area contributed by atoms with Crippen molar-refractivity contribution in [2.45, 2.75) is 13.8 Å². The van der Waals surface area contributed by atoms with Crippen molar-refractivity contribution in [3.8, 4) is 0 Å². The molecular formula is C12H23N3O6S2. The molecule has 0 spiro atoms. The Morgan fingerprint density at radius 1 is 1.13 bits per heavy atom. The van der Waals surface area contributed by atoms with Crippen LogP contribution in [-0.4, -0.2) is 56.1 Å². The van der Waals surface area contributed by atoms with Crippen LogP contribution in [0.2, 0.25) is 0 Å². The predicted octanol–water partition coefficient (Wildman–Crippen LogP) is 0.304. The Hall–Kier alpha value is -1.24. The number of anilines is 1. The molecule has 0 aliphatic heterocycles. The molecule has 0 amide bonds. The Bertz CT molecular complexity index is 683. The van der Waals surface area contributed by atoms with Gasteiger partial charge in [-0.25, -0.2) is 18.6 Å². The van der Waals surface area contributed by atoms with E-state index >= 15 is 0 Å². The normalized spacial score (nSPS) is 11.8. The van der Waals surface area contributed by atoms with Gasteiger partial charge in [-0.1, -0.05) is 19.1 Å². The minimum atomic E-state index is -4.67. The van der Waals surface area contributed by atoms with Crippen LogP contribution in [0.1, 0.15) is 12.5 Å². The molecule has 0 saturated carbocycles. The number of hydrogen-bond acceptors (Lipinski definition) is 6. The highest BCUT2D eigenvalue weighted by Gasteiger charge is 2.14. The second-order valence-corrected chi connectivity index (χ2v) is 7.61. The summed E-state index contributed by atoms with van der Waals surface area (Å²) in [6.45, 7) is 5.12. The molecule has 23 heavy (non-hydrogen) atoms. The fourth-order valence-electron chi connectivity index (χ4n) is 1.71. The standard InChI is InChI=1S/C12H21N3O2S.H2O4S/c1-4-14(18(3,16)17)8-9-15(13)12-7-5-6-11(2)10-12;1-5(2,3)4/h5-7,10H,4,8-9,13H2,1-3H3;(H2,1,2,3,4). The summed E-state index contributed by atoms with van der Waals surface area (Å²) < 4.78 is 55.9. The monoisotopic (exact) mass is 369 g/mol. The van der Waals surface area contributed by atoms with Gasteiger partial charge in [-0.2, -0.15) is 8.42 Å². The quantitative estimate of drug-likeness (QED) is 0.369. The summed E-state index contributed by atoms with van der Waals surface area (Å²) in [7, 11) is -7.82. The SMILES string of the molecule is CCN(CCN(N)c1cccc(C)c1)S(C)(=O)=O.O=S(=O)(O)O. The molecule has 9 nitrogen and oxygen atoms in total. The van der Waals surface area contributed by atoms with Crippen molar-refractivity contribution < 1.29 is 25.9 Å². The van der Waals surface area contributed by atoms with Crippen LogP contribution in [0.5, 0.6) is 0 Å². The van der Waals surface area contributed by atoms with E-state index in [0.717, 1.165) is 11.3 Å². The smallest absolute Gasteiger partial charge is 0.310 e. The molecule has 1 rings (SSSR count). The van der Waals surface area contributed by atoms with Crippen molar-refractivity contribution >= 4 is 26.1 Å². The second-order valence-electron chi connectivity index (χ2n) is 4.73. The maximum Gasteiger partial charge on any atom is 0.394 e. The number of hydrazine groups is 1. The molecule has 0 bridgehead atoms. The summed E-state index contributed by atoms with van der Waals surface area (Å²) >= 11 is 0. The first-order valence-corrected chi connectivity index (χ1v) is 9.83. The summed E-state index contributed by atoms with van der Waals surface area (Å²) in [5, 5.41) is 1.57. The van der Waals surface area contributed by atoms with Crippen LogP contribution in [0.3, 0.4) is 0 Å². The minimum Gasteiger partial charge on any atom is -0.310 e. The van der Waals surface area contributed by atoms with E-state index in [-0.39, 0.29) is 0 Å². The molecule has 4 N–H and O–H groups in total. The Labute approximate surface area is 137 Å². The van der Waals surface area contributed by atoms with Crippen LogP contribution < -0.4 is 10.9 Å². The molecule has 0 aliphatic carbocycles. The first-order chi connectivity index (χ1) is 10.3. The molecule has 11 heteroatoms. The Kier molecular flexibility index (Phi) is 8.66. The van der Waals surface area contributed by atoms with Gasteiger partial charge in [0.05, 0.1) is 11.9 Å². The lowest BCUT2D eigenvalue weighted by atomic mass is 10.2. The number of likely N-dealkylation sites (N-methyl/N-ethyl adjacent to an activating group) is 1. The third kappa shape index (κ3) is 11.0. The largest absolute Gasteiger partial charge is 0.394 e. The molecule has 0 saturated heterocycles. The Morgan fingerprint density at radius 2 is 1.65 bits per heavy atom. The van der Waals surface area contributed by atoms with Gasteiger partial charge in [0.25, 0.3) is 0 Å². The van der Waals surface area contributed by atoms with Crippen molar-refractivity contribution in [1.29, 1.82) is 0 Å². The van der Waals surface area contributed by atoms with Gasteiger partial charge in [-0.05, 0) is 24.6 Å². The number of benzene rings is 1. The van der Waals surface area contributed by atoms with Gasteiger partial charge in [-0.15, -0.1) is 0 Å². The third-order valence-electron chi connectivity index (χ3n) is 2.75. The van der Waals surface area contributed by atoms with Crippen LogP contribution in [0.4, 0.5) is 5.69 Å². The van der Waals surface area contributed by atoms with Gasteiger partial charge in [0.2, 0.25) is 10.0 Å². The summed E-state index contributed by atoms with van der Waals surface area (Å²) in [6.07, 6.45) is 1.21. The summed E-state index contributed by atoms with van der Waals surface area (Å²) in [6, 6.07) is 7.80. The highest BCUT2D eigenvalue weighted by Crippen LogP contribution is 2.12. The van der Waals surface area contributed by atoms with E-state index in [0.29, 0.717) is 19.6 Å². The van der Waals surface area contributed by atoms with Crippen LogP contribution in [-0.2, 0) is 20.4 Å². The zero-order valence-corrected chi connectivity index (χ0v) is 14.9. The molecule has 0 fully saturated rings. The van der Waals surface area contributed by atoms with Gasteiger partial charge < -0.3 is 5.01 Å². The van der Waals surface area contributed by atoms with E-state index in [1.807, 2.05) is 38.1 Å². The zero-order valence-electron chi connectivity index (χ0n) is 13.2. The second kappa shape index (κ2) is 9.15. The van der Waals surface area contributed by atoms with Crippen molar-refractivity contribution in [2.75, 3.05) is 30.9 Å². The molecule has 0 atom stereocenters. The van der Waals surface area contributed by atoms with E-state index in [2.05, 4.69) is 0 Å². The first-order valence-electron chi connectivity index (χ1n) is 6.58. The van der Waals surface area contributed by atoms with Crippen molar-refractivity contribution in [2.24, 2.45) is 5.84 Å². The lowest BCUT2D eigenvalue weighted by Gasteiger charge is -2.23. The Balaban J connectivity index is 0.000000841. The molecule has 0 aliphatic rings. The molecule has 0 heterocycles. The summed E-state index contributed by atoms with van der Waals surface area (Å²) in [4.78, 5) is 0. The summed E-state index contributed by atoms with van der Waals surface area (Å²) in [5.41, 5.74) is 2.01. The highest BCUT2D eigenvalue weighted by molar-refractivity contribution is 7.88. The van der Waals surface area contributed by atoms with Gasteiger partial charge in [0, 0.05) is 19.6 Å². The molecular weight excluding hydrogens is 346 g/mol. The van der Waals surface area contributed by atoms with Crippen LogP contribution in [0, 0.1) is 6.92 Å². The predicted molar refractivity (Wildman–Crippen MR) is 89.0 cm³/mol. The minimum absolute atomic E-state index is 0.389. The van der Waals surface area contributed by atoms with Gasteiger partial charge in [0.1, 0.15) is 0 Å². The van der Waals surface area contributed by atoms with E-state index in [4.69, 9.17) is 23.4 Å². The van der Waals surface area contributed by atoms with Crippen molar-refractivity contribution in [3.05, 3.63) is 29.8 Å². The molecule has 0 unspecified atom stereocenters. The van der Waals surface area contributed by atoms with Gasteiger partial charge in [-0.3, -0.25) is 9.11 Å². The van der Waals surface area contributed by atoms with Crippen molar-refractivity contribution in [3.63, 3.8) is 0 Å². The zero-order chi connectivity index (χ0) is 18.3.